The standard InChI is InChI=1S/C18H21F3N4/c1-13-7-14(4-5-23-13)9-24-16-3-2-6-25(12-16)17-8-15(10-22-11-17)18(19,20)21/h4-5,7-8,10-11,16,24H,2-3,6,9,12H2,1H3/t16-/m0/s1. The second-order valence-electron chi connectivity index (χ2n) is 6.40. The van der Waals surface area contributed by atoms with E-state index in [4.69, 9.17) is 0 Å². The summed E-state index contributed by atoms with van der Waals surface area (Å²) in [5.74, 6) is 0. The fourth-order valence-corrected chi connectivity index (χ4v) is 3.11. The van der Waals surface area contributed by atoms with Gasteiger partial charge in [-0.1, -0.05) is 0 Å². The first-order valence-electron chi connectivity index (χ1n) is 8.34. The van der Waals surface area contributed by atoms with Crippen LogP contribution in [0.15, 0.2) is 36.8 Å². The lowest BCUT2D eigenvalue weighted by Gasteiger charge is -2.35. The van der Waals surface area contributed by atoms with Crippen molar-refractivity contribution < 1.29 is 13.2 Å². The number of piperidine rings is 1. The van der Waals surface area contributed by atoms with Crippen molar-refractivity contribution in [3.05, 3.63) is 53.6 Å². The second kappa shape index (κ2) is 7.39. The van der Waals surface area contributed by atoms with Crippen molar-refractivity contribution in [1.82, 2.24) is 15.3 Å². The van der Waals surface area contributed by atoms with Crippen LogP contribution in [0.3, 0.4) is 0 Å². The molecule has 0 aliphatic carbocycles. The Morgan fingerprint density at radius 3 is 2.88 bits per heavy atom. The van der Waals surface area contributed by atoms with E-state index < -0.39 is 11.7 Å². The van der Waals surface area contributed by atoms with Crippen LogP contribution in [0.4, 0.5) is 18.9 Å². The molecule has 0 amide bonds. The molecule has 134 valence electrons. The minimum atomic E-state index is -4.37. The first kappa shape index (κ1) is 17.7. The van der Waals surface area contributed by atoms with Gasteiger partial charge >= 0.3 is 6.18 Å². The molecule has 2 aromatic heterocycles. The van der Waals surface area contributed by atoms with Crippen molar-refractivity contribution in [2.45, 2.75) is 38.5 Å². The molecule has 1 saturated heterocycles. The van der Waals surface area contributed by atoms with E-state index in [0.717, 1.165) is 43.4 Å². The van der Waals surface area contributed by atoms with Crippen molar-refractivity contribution in [1.29, 1.82) is 0 Å². The van der Waals surface area contributed by atoms with E-state index in [1.807, 2.05) is 24.0 Å². The summed E-state index contributed by atoms with van der Waals surface area (Å²) in [6.07, 6.45) is 1.73. The van der Waals surface area contributed by atoms with E-state index in [1.165, 1.54) is 12.3 Å². The molecule has 3 rings (SSSR count). The third kappa shape index (κ3) is 4.69. The largest absolute Gasteiger partial charge is 0.417 e. The zero-order valence-electron chi connectivity index (χ0n) is 14.1. The maximum atomic E-state index is 12.9. The third-order valence-electron chi connectivity index (χ3n) is 4.39. The number of pyridine rings is 2. The Balaban J connectivity index is 1.63. The molecule has 3 heterocycles. The van der Waals surface area contributed by atoms with E-state index in [1.54, 1.807) is 6.20 Å². The summed E-state index contributed by atoms with van der Waals surface area (Å²) in [6, 6.07) is 5.42. The molecule has 1 aliphatic heterocycles. The normalized spacial score (nSPS) is 18.4. The number of aryl methyl sites for hydroxylation is 1. The zero-order chi connectivity index (χ0) is 17.9. The van der Waals surface area contributed by atoms with E-state index in [0.29, 0.717) is 12.2 Å². The number of halogens is 3. The van der Waals surface area contributed by atoms with Crippen LogP contribution in [0.2, 0.25) is 0 Å². The lowest BCUT2D eigenvalue weighted by Crippen LogP contribution is -2.45. The van der Waals surface area contributed by atoms with Crippen LogP contribution in [-0.4, -0.2) is 29.1 Å². The molecule has 0 radical (unpaired) electrons. The van der Waals surface area contributed by atoms with Crippen molar-refractivity contribution >= 4 is 5.69 Å². The van der Waals surface area contributed by atoms with Crippen molar-refractivity contribution in [3.8, 4) is 0 Å². The third-order valence-corrected chi connectivity index (χ3v) is 4.39. The monoisotopic (exact) mass is 350 g/mol. The zero-order valence-corrected chi connectivity index (χ0v) is 14.1. The maximum Gasteiger partial charge on any atom is 0.417 e. The number of alkyl halides is 3. The summed E-state index contributed by atoms with van der Waals surface area (Å²) in [5, 5.41) is 3.50. The van der Waals surface area contributed by atoms with Crippen LogP contribution in [0.1, 0.15) is 29.7 Å². The average molecular weight is 350 g/mol. The number of nitrogens with one attached hydrogen (secondary N) is 1. The van der Waals surface area contributed by atoms with E-state index in [2.05, 4.69) is 15.3 Å². The molecule has 1 fully saturated rings. The van der Waals surface area contributed by atoms with Gasteiger partial charge in [-0.2, -0.15) is 13.2 Å². The van der Waals surface area contributed by atoms with Gasteiger partial charge < -0.3 is 10.2 Å². The fourth-order valence-electron chi connectivity index (χ4n) is 3.11. The molecule has 0 unspecified atom stereocenters. The van der Waals surface area contributed by atoms with Gasteiger partial charge in [-0.15, -0.1) is 0 Å². The van der Waals surface area contributed by atoms with Gasteiger partial charge in [0.2, 0.25) is 0 Å². The highest BCUT2D eigenvalue weighted by Gasteiger charge is 2.32. The highest BCUT2D eigenvalue weighted by Crippen LogP contribution is 2.31. The van der Waals surface area contributed by atoms with Crippen LogP contribution in [-0.2, 0) is 12.7 Å². The van der Waals surface area contributed by atoms with Gasteiger partial charge in [0.15, 0.2) is 0 Å². The number of hydrogen-bond donors (Lipinski definition) is 1. The Kier molecular flexibility index (Phi) is 5.22. The Morgan fingerprint density at radius 2 is 2.12 bits per heavy atom. The number of aromatic nitrogens is 2. The van der Waals surface area contributed by atoms with Crippen LogP contribution < -0.4 is 10.2 Å². The van der Waals surface area contributed by atoms with Gasteiger partial charge in [-0.05, 0) is 43.5 Å². The Hall–Kier alpha value is -2.15. The van der Waals surface area contributed by atoms with Gasteiger partial charge in [-0.25, -0.2) is 0 Å². The summed E-state index contributed by atoms with van der Waals surface area (Å²) in [4.78, 5) is 9.92. The Bertz CT molecular complexity index is 717. The van der Waals surface area contributed by atoms with Gasteiger partial charge in [0.25, 0.3) is 0 Å². The van der Waals surface area contributed by atoms with Crippen molar-refractivity contribution in [2.24, 2.45) is 0 Å². The smallest absolute Gasteiger partial charge is 0.369 e. The molecule has 0 saturated carbocycles. The molecule has 1 aliphatic rings. The number of rotatable bonds is 4. The van der Waals surface area contributed by atoms with Crippen LogP contribution in [0.5, 0.6) is 0 Å². The molecule has 0 spiro atoms. The SMILES string of the molecule is Cc1cc(CN[C@H]2CCCN(c3cncc(C(F)(F)F)c3)C2)ccn1. The first-order valence-corrected chi connectivity index (χ1v) is 8.34. The van der Waals surface area contributed by atoms with E-state index in [9.17, 15) is 13.2 Å². The molecular weight excluding hydrogens is 329 g/mol. The maximum absolute atomic E-state index is 12.9. The lowest BCUT2D eigenvalue weighted by molar-refractivity contribution is -0.137. The molecule has 1 atom stereocenters. The molecule has 0 aromatic carbocycles. The van der Waals surface area contributed by atoms with Gasteiger partial charge in [0.05, 0.1) is 17.4 Å². The molecule has 2 aromatic rings. The molecular formula is C18H21F3N4. The summed E-state index contributed by atoms with van der Waals surface area (Å²) in [6.45, 7) is 4.10. The summed E-state index contributed by atoms with van der Waals surface area (Å²) in [5.41, 5.74) is 1.96. The van der Waals surface area contributed by atoms with Gasteiger partial charge in [0, 0.05) is 43.8 Å². The van der Waals surface area contributed by atoms with E-state index >= 15 is 0 Å². The summed E-state index contributed by atoms with van der Waals surface area (Å²) < 4.78 is 38.6. The minimum Gasteiger partial charge on any atom is -0.369 e. The fraction of sp³-hybridized carbons (Fsp3) is 0.444. The number of hydrogen-bond acceptors (Lipinski definition) is 4. The van der Waals surface area contributed by atoms with Gasteiger partial charge in [-0.3, -0.25) is 9.97 Å². The molecule has 25 heavy (non-hydrogen) atoms. The minimum absolute atomic E-state index is 0.233. The highest BCUT2D eigenvalue weighted by atomic mass is 19.4. The van der Waals surface area contributed by atoms with Gasteiger partial charge in [0.1, 0.15) is 0 Å². The molecule has 7 heteroatoms. The van der Waals surface area contributed by atoms with Crippen LogP contribution in [0, 0.1) is 6.92 Å². The molecule has 4 nitrogen and oxygen atoms in total. The quantitative estimate of drug-likeness (QED) is 0.915. The van der Waals surface area contributed by atoms with Crippen molar-refractivity contribution in [2.75, 3.05) is 18.0 Å². The molecule has 0 bridgehead atoms. The summed E-state index contributed by atoms with van der Waals surface area (Å²) >= 11 is 0. The summed E-state index contributed by atoms with van der Waals surface area (Å²) in [7, 11) is 0. The van der Waals surface area contributed by atoms with E-state index in [-0.39, 0.29) is 6.04 Å². The Morgan fingerprint density at radius 1 is 1.28 bits per heavy atom. The Labute approximate surface area is 145 Å². The van der Waals surface area contributed by atoms with Crippen LogP contribution in [0.25, 0.3) is 0 Å². The molecule has 1 N–H and O–H groups in total. The predicted molar refractivity (Wildman–Crippen MR) is 90.3 cm³/mol. The van der Waals surface area contributed by atoms with Crippen LogP contribution >= 0.6 is 0 Å². The number of nitrogens with zero attached hydrogens (tertiary/aromatic N) is 3. The highest BCUT2D eigenvalue weighted by molar-refractivity contribution is 5.47. The predicted octanol–water partition coefficient (Wildman–Crippen LogP) is 3.56. The topological polar surface area (TPSA) is 41.0 Å². The second-order valence-corrected chi connectivity index (χ2v) is 6.40. The first-order chi connectivity index (χ1) is 11.9. The average Bonchev–Trinajstić information content (AvgIpc) is 2.60. The van der Waals surface area contributed by atoms with Crippen molar-refractivity contribution in [3.63, 3.8) is 0 Å². The lowest BCUT2D eigenvalue weighted by atomic mass is 10.0. The number of anilines is 1.